The maximum absolute atomic E-state index is 12.3. The van der Waals surface area contributed by atoms with E-state index in [1.165, 1.54) is 51.4 Å². The number of hydrogen-bond acceptors (Lipinski definition) is 2. The van der Waals surface area contributed by atoms with E-state index in [0.29, 0.717) is 24.7 Å². The Balaban J connectivity index is 1.15. The molecular formula is C22H36N2O2. The van der Waals surface area contributed by atoms with Gasteiger partial charge in [-0.1, -0.05) is 12.8 Å². The highest BCUT2D eigenvalue weighted by atomic mass is 16.2. The number of rotatable bonds is 7. The highest BCUT2D eigenvalue weighted by Gasteiger charge is 2.43. The van der Waals surface area contributed by atoms with Gasteiger partial charge < -0.3 is 10.6 Å². The normalized spacial score (nSPS) is 39.8. The summed E-state index contributed by atoms with van der Waals surface area (Å²) in [4.78, 5) is 24.6. The molecule has 8 unspecified atom stereocenters. The molecule has 2 amide bonds. The molecule has 4 rings (SSSR count). The van der Waals surface area contributed by atoms with Crippen LogP contribution in [0.4, 0.5) is 0 Å². The average molecular weight is 361 g/mol. The van der Waals surface area contributed by atoms with Gasteiger partial charge in [-0.2, -0.15) is 0 Å². The van der Waals surface area contributed by atoms with Crippen molar-refractivity contribution in [3.8, 4) is 0 Å². The molecule has 4 heteroatoms. The number of carbonyl (C=O) groups is 2. The molecule has 2 N–H and O–H groups in total. The van der Waals surface area contributed by atoms with Crippen LogP contribution in [0, 0.1) is 35.5 Å². The molecular weight excluding hydrogens is 324 g/mol. The SMILES string of the molecule is CC(NC(=O)CCC(=O)NC(C)C1CC2CCC1C2)C1CC2CCC1C2. The van der Waals surface area contributed by atoms with Crippen LogP contribution in [-0.2, 0) is 9.59 Å². The molecule has 4 bridgehead atoms. The number of carbonyl (C=O) groups excluding carboxylic acids is 2. The van der Waals surface area contributed by atoms with E-state index in [1.807, 2.05) is 0 Å². The van der Waals surface area contributed by atoms with Crippen molar-refractivity contribution in [2.24, 2.45) is 35.5 Å². The fourth-order valence-corrected chi connectivity index (χ4v) is 6.91. The van der Waals surface area contributed by atoms with Crippen LogP contribution in [0.2, 0.25) is 0 Å². The molecule has 8 atom stereocenters. The lowest BCUT2D eigenvalue weighted by Crippen LogP contribution is -2.42. The van der Waals surface area contributed by atoms with Gasteiger partial charge in [0.05, 0.1) is 0 Å². The van der Waals surface area contributed by atoms with Crippen molar-refractivity contribution >= 4 is 11.8 Å². The molecule has 4 nitrogen and oxygen atoms in total. The smallest absolute Gasteiger partial charge is 0.220 e. The summed E-state index contributed by atoms with van der Waals surface area (Å²) in [6, 6.07) is 0.516. The summed E-state index contributed by atoms with van der Waals surface area (Å²) in [7, 11) is 0. The number of amides is 2. The predicted molar refractivity (Wildman–Crippen MR) is 102 cm³/mol. The summed E-state index contributed by atoms with van der Waals surface area (Å²) in [5, 5.41) is 6.35. The van der Waals surface area contributed by atoms with Crippen LogP contribution in [0.15, 0.2) is 0 Å². The largest absolute Gasteiger partial charge is 0.353 e. The topological polar surface area (TPSA) is 58.2 Å². The Morgan fingerprint density at radius 1 is 0.731 bits per heavy atom. The van der Waals surface area contributed by atoms with Crippen molar-refractivity contribution < 1.29 is 9.59 Å². The number of nitrogens with one attached hydrogen (secondary N) is 2. The van der Waals surface area contributed by atoms with Crippen molar-refractivity contribution in [1.29, 1.82) is 0 Å². The van der Waals surface area contributed by atoms with E-state index >= 15 is 0 Å². The van der Waals surface area contributed by atoms with Crippen LogP contribution < -0.4 is 10.6 Å². The minimum Gasteiger partial charge on any atom is -0.353 e. The van der Waals surface area contributed by atoms with Crippen molar-refractivity contribution in [3.05, 3.63) is 0 Å². The molecule has 4 aliphatic rings. The zero-order valence-corrected chi connectivity index (χ0v) is 16.5. The Bertz CT molecular complexity index is 500. The highest BCUT2D eigenvalue weighted by Crippen LogP contribution is 2.50. The van der Waals surface area contributed by atoms with Crippen molar-refractivity contribution in [3.63, 3.8) is 0 Å². The summed E-state index contributed by atoms with van der Waals surface area (Å²) >= 11 is 0. The molecule has 4 fully saturated rings. The molecule has 146 valence electrons. The highest BCUT2D eigenvalue weighted by molar-refractivity contribution is 5.84. The molecule has 0 aromatic heterocycles. The third-order valence-electron chi connectivity index (χ3n) is 8.23. The molecule has 4 saturated carbocycles. The van der Waals surface area contributed by atoms with Crippen LogP contribution >= 0.6 is 0 Å². The lowest BCUT2D eigenvalue weighted by Gasteiger charge is -2.29. The summed E-state index contributed by atoms with van der Waals surface area (Å²) in [6.45, 7) is 4.31. The van der Waals surface area contributed by atoms with Gasteiger partial charge in [-0.3, -0.25) is 9.59 Å². The quantitative estimate of drug-likeness (QED) is 0.728. The standard InChI is InChI=1S/C22H36N2O2/c1-13(19-11-15-3-5-17(19)9-15)23-21(25)7-8-22(26)24-14(2)20-12-16-4-6-18(20)10-16/h13-20H,3-12H2,1-2H3,(H,23,25)(H,24,26). The van der Waals surface area contributed by atoms with Crippen molar-refractivity contribution in [2.75, 3.05) is 0 Å². The van der Waals surface area contributed by atoms with Gasteiger partial charge in [0.25, 0.3) is 0 Å². The average Bonchev–Trinajstić information content (AvgIpc) is 3.39. The van der Waals surface area contributed by atoms with Crippen molar-refractivity contribution in [2.45, 2.75) is 90.1 Å². The van der Waals surface area contributed by atoms with Gasteiger partial charge in [0.2, 0.25) is 11.8 Å². The van der Waals surface area contributed by atoms with Gasteiger partial charge in [0.15, 0.2) is 0 Å². The maximum Gasteiger partial charge on any atom is 0.220 e. The Kier molecular flexibility index (Phi) is 5.29. The van der Waals surface area contributed by atoms with E-state index in [9.17, 15) is 9.59 Å². The maximum atomic E-state index is 12.3. The molecule has 0 aliphatic heterocycles. The Morgan fingerprint density at radius 3 is 1.46 bits per heavy atom. The minimum absolute atomic E-state index is 0.0444. The first-order valence-corrected chi connectivity index (χ1v) is 11.1. The minimum atomic E-state index is 0.0444. The molecule has 0 aromatic carbocycles. The summed E-state index contributed by atoms with van der Waals surface area (Å²) in [5.41, 5.74) is 0. The predicted octanol–water partition coefficient (Wildman–Crippen LogP) is 3.65. The molecule has 0 heterocycles. The Morgan fingerprint density at radius 2 is 1.15 bits per heavy atom. The van der Waals surface area contributed by atoms with Gasteiger partial charge in [-0.05, 0) is 87.9 Å². The zero-order chi connectivity index (χ0) is 18.3. The Hall–Kier alpha value is -1.06. The van der Waals surface area contributed by atoms with Gasteiger partial charge in [0, 0.05) is 24.9 Å². The number of hydrogen-bond donors (Lipinski definition) is 2. The first kappa shape index (κ1) is 18.3. The lowest BCUT2D eigenvalue weighted by molar-refractivity contribution is -0.127. The zero-order valence-electron chi connectivity index (χ0n) is 16.5. The summed E-state index contributed by atoms with van der Waals surface area (Å²) < 4.78 is 0. The summed E-state index contributed by atoms with van der Waals surface area (Å²) in [5.74, 6) is 4.85. The first-order valence-electron chi connectivity index (χ1n) is 11.1. The van der Waals surface area contributed by atoms with E-state index in [2.05, 4.69) is 24.5 Å². The first-order chi connectivity index (χ1) is 12.5. The molecule has 4 aliphatic carbocycles. The molecule has 0 radical (unpaired) electrons. The van der Waals surface area contributed by atoms with Crippen LogP contribution in [0.5, 0.6) is 0 Å². The van der Waals surface area contributed by atoms with Crippen LogP contribution in [0.1, 0.15) is 78.1 Å². The van der Waals surface area contributed by atoms with Crippen LogP contribution in [0.3, 0.4) is 0 Å². The van der Waals surface area contributed by atoms with Crippen molar-refractivity contribution in [1.82, 2.24) is 10.6 Å². The fourth-order valence-electron chi connectivity index (χ4n) is 6.91. The van der Waals surface area contributed by atoms with E-state index < -0.39 is 0 Å². The second-order valence-electron chi connectivity index (χ2n) is 9.89. The van der Waals surface area contributed by atoms with Gasteiger partial charge in [-0.15, -0.1) is 0 Å². The lowest BCUT2D eigenvalue weighted by atomic mass is 9.84. The monoisotopic (exact) mass is 360 g/mol. The molecule has 0 saturated heterocycles. The molecule has 26 heavy (non-hydrogen) atoms. The third kappa shape index (κ3) is 3.80. The third-order valence-corrected chi connectivity index (χ3v) is 8.23. The van der Waals surface area contributed by atoms with Crippen LogP contribution in [-0.4, -0.2) is 23.9 Å². The van der Waals surface area contributed by atoms with E-state index in [4.69, 9.17) is 0 Å². The van der Waals surface area contributed by atoms with Gasteiger partial charge >= 0.3 is 0 Å². The van der Waals surface area contributed by atoms with Gasteiger partial charge in [-0.25, -0.2) is 0 Å². The van der Waals surface area contributed by atoms with Crippen LogP contribution in [0.25, 0.3) is 0 Å². The van der Waals surface area contributed by atoms with Gasteiger partial charge in [0.1, 0.15) is 0 Å². The molecule has 0 spiro atoms. The summed E-state index contributed by atoms with van der Waals surface area (Å²) in [6.07, 6.45) is 11.4. The second kappa shape index (κ2) is 7.52. The van der Waals surface area contributed by atoms with E-state index in [1.54, 1.807) is 0 Å². The Labute approximate surface area is 158 Å². The van der Waals surface area contributed by atoms with E-state index in [-0.39, 0.29) is 23.9 Å². The second-order valence-corrected chi connectivity index (χ2v) is 9.89. The molecule has 0 aromatic rings. The fraction of sp³-hybridized carbons (Fsp3) is 0.909. The number of fused-ring (bicyclic) bond motifs is 4. The van der Waals surface area contributed by atoms with E-state index in [0.717, 1.165) is 23.7 Å².